The fourth-order valence-corrected chi connectivity index (χ4v) is 1.34. The maximum absolute atomic E-state index is 11.8. The molecule has 0 saturated carbocycles. The molecule has 2 heterocycles. The minimum atomic E-state index is -0.322. The lowest BCUT2D eigenvalue weighted by Gasteiger charge is -2.09. The van der Waals surface area contributed by atoms with Gasteiger partial charge in [-0.2, -0.15) is 4.98 Å². The van der Waals surface area contributed by atoms with E-state index in [1.165, 1.54) is 0 Å². The number of nitrogens with two attached hydrogens (primary N) is 1. The molecule has 0 bridgehead atoms. The Balaban J connectivity index is 2.04. The van der Waals surface area contributed by atoms with Gasteiger partial charge in [0.25, 0.3) is 5.91 Å². The highest BCUT2D eigenvalue weighted by Crippen LogP contribution is 2.07. The van der Waals surface area contributed by atoms with Crippen molar-refractivity contribution in [1.29, 1.82) is 0 Å². The lowest BCUT2D eigenvalue weighted by Crippen LogP contribution is -2.28. The number of aromatic nitrogens is 5. The van der Waals surface area contributed by atoms with Crippen LogP contribution in [0, 0.1) is 6.92 Å². The Bertz CT molecular complexity index is 529. The van der Waals surface area contributed by atoms with Crippen molar-refractivity contribution in [1.82, 2.24) is 30.5 Å². The summed E-state index contributed by atoms with van der Waals surface area (Å²) in [5.41, 5.74) is 6.20. The van der Waals surface area contributed by atoms with Crippen LogP contribution in [0.2, 0.25) is 0 Å². The molecule has 0 aliphatic carbocycles. The molecule has 0 radical (unpaired) electrons. The molecule has 1 atom stereocenters. The lowest BCUT2D eigenvalue weighted by atomic mass is 10.3. The molecule has 8 nitrogen and oxygen atoms in total. The van der Waals surface area contributed by atoms with Gasteiger partial charge in [-0.3, -0.25) is 9.89 Å². The number of anilines is 1. The standard InChI is InChI=1S/C9H13N7O/c1-4-3-11-7(12-4)8(17)13-5(2)6-14-9(10)16-15-6/h3,5H,1-2H3,(H,11,12)(H,13,17)(H3,10,14,15,16)/t5-/m0/s1. The third-order valence-corrected chi connectivity index (χ3v) is 2.20. The van der Waals surface area contributed by atoms with Crippen LogP contribution in [0.4, 0.5) is 5.95 Å². The number of aryl methyl sites for hydroxylation is 1. The summed E-state index contributed by atoms with van der Waals surface area (Å²) in [7, 11) is 0. The topological polar surface area (TPSA) is 125 Å². The molecule has 17 heavy (non-hydrogen) atoms. The average molecular weight is 235 g/mol. The minimum absolute atomic E-state index is 0.148. The third-order valence-electron chi connectivity index (χ3n) is 2.20. The van der Waals surface area contributed by atoms with E-state index in [1.54, 1.807) is 13.1 Å². The van der Waals surface area contributed by atoms with Gasteiger partial charge in [0.2, 0.25) is 5.95 Å². The summed E-state index contributed by atoms with van der Waals surface area (Å²) in [6.07, 6.45) is 1.59. The molecule has 1 amide bonds. The largest absolute Gasteiger partial charge is 0.367 e. The first-order valence-electron chi connectivity index (χ1n) is 5.06. The number of hydrogen-bond acceptors (Lipinski definition) is 5. The van der Waals surface area contributed by atoms with Crippen LogP contribution in [0.15, 0.2) is 6.20 Å². The number of aromatic amines is 2. The molecule has 0 spiro atoms. The maximum Gasteiger partial charge on any atom is 0.287 e. The van der Waals surface area contributed by atoms with Crippen LogP contribution in [0.25, 0.3) is 0 Å². The smallest absolute Gasteiger partial charge is 0.287 e. The van der Waals surface area contributed by atoms with Gasteiger partial charge in [-0.15, -0.1) is 5.10 Å². The van der Waals surface area contributed by atoms with Crippen molar-refractivity contribution in [3.63, 3.8) is 0 Å². The van der Waals surface area contributed by atoms with E-state index in [9.17, 15) is 4.79 Å². The van der Waals surface area contributed by atoms with Gasteiger partial charge in [0, 0.05) is 11.9 Å². The van der Waals surface area contributed by atoms with E-state index in [4.69, 9.17) is 5.73 Å². The number of carbonyl (C=O) groups excluding carboxylic acids is 1. The molecule has 90 valence electrons. The molecular weight excluding hydrogens is 222 g/mol. The second-order valence-corrected chi connectivity index (χ2v) is 3.69. The number of imidazole rings is 1. The van der Waals surface area contributed by atoms with E-state index in [-0.39, 0.29) is 23.7 Å². The maximum atomic E-state index is 11.8. The number of nitrogens with one attached hydrogen (secondary N) is 3. The zero-order valence-corrected chi connectivity index (χ0v) is 9.48. The first kappa shape index (κ1) is 11.1. The van der Waals surface area contributed by atoms with Gasteiger partial charge in [-0.1, -0.05) is 0 Å². The van der Waals surface area contributed by atoms with Gasteiger partial charge in [-0.25, -0.2) is 4.98 Å². The molecule has 2 aromatic heterocycles. The van der Waals surface area contributed by atoms with Gasteiger partial charge in [-0.05, 0) is 13.8 Å². The normalized spacial score (nSPS) is 12.4. The van der Waals surface area contributed by atoms with E-state index in [0.717, 1.165) is 5.69 Å². The molecule has 0 saturated heterocycles. The molecule has 0 unspecified atom stereocenters. The Labute approximate surface area is 97.0 Å². The minimum Gasteiger partial charge on any atom is -0.367 e. The molecule has 0 fully saturated rings. The quantitative estimate of drug-likeness (QED) is 0.591. The molecule has 5 N–H and O–H groups in total. The summed E-state index contributed by atoms with van der Waals surface area (Å²) in [5.74, 6) is 0.608. The van der Waals surface area contributed by atoms with Crippen molar-refractivity contribution in [3.05, 3.63) is 23.5 Å². The Morgan fingerprint density at radius 3 is 2.88 bits per heavy atom. The SMILES string of the molecule is Cc1cnc(C(=O)N[C@@H](C)c2nc(N)n[nH]2)[nH]1. The predicted octanol–water partition coefficient (Wildman–Crippen LogP) is -0.0906. The Morgan fingerprint density at radius 1 is 1.59 bits per heavy atom. The predicted molar refractivity (Wildman–Crippen MR) is 60.0 cm³/mol. The van der Waals surface area contributed by atoms with E-state index in [0.29, 0.717) is 5.82 Å². The number of nitrogens with zero attached hydrogens (tertiary/aromatic N) is 3. The number of carbonyl (C=O) groups is 1. The van der Waals surface area contributed by atoms with Crippen LogP contribution in [0.5, 0.6) is 0 Å². The fourth-order valence-electron chi connectivity index (χ4n) is 1.34. The van der Waals surface area contributed by atoms with Crippen molar-refractivity contribution in [2.45, 2.75) is 19.9 Å². The van der Waals surface area contributed by atoms with Gasteiger partial charge in [0.15, 0.2) is 5.82 Å². The number of hydrogen-bond donors (Lipinski definition) is 4. The Hall–Kier alpha value is -2.38. The molecule has 2 rings (SSSR count). The molecule has 0 aromatic carbocycles. The van der Waals surface area contributed by atoms with Gasteiger partial charge in [0.1, 0.15) is 5.82 Å². The monoisotopic (exact) mass is 235 g/mol. The molecule has 2 aromatic rings. The third kappa shape index (κ3) is 2.41. The van der Waals surface area contributed by atoms with Crippen LogP contribution in [0.3, 0.4) is 0 Å². The average Bonchev–Trinajstić information content (AvgIpc) is 2.87. The summed E-state index contributed by atoms with van der Waals surface area (Å²) in [6, 6.07) is -0.322. The van der Waals surface area contributed by atoms with Crippen molar-refractivity contribution in [2.75, 3.05) is 5.73 Å². The Morgan fingerprint density at radius 2 is 2.35 bits per heavy atom. The van der Waals surface area contributed by atoms with E-state index in [2.05, 4.69) is 30.5 Å². The summed E-state index contributed by atoms with van der Waals surface area (Å²) in [4.78, 5) is 22.5. The highest BCUT2D eigenvalue weighted by Gasteiger charge is 2.16. The van der Waals surface area contributed by atoms with Crippen molar-refractivity contribution < 1.29 is 4.79 Å². The Kier molecular flexibility index (Phi) is 2.77. The second kappa shape index (κ2) is 4.24. The fraction of sp³-hybridized carbons (Fsp3) is 0.333. The summed E-state index contributed by atoms with van der Waals surface area (Å²) in [6.45, 7) is 3.60. The van der Waals surface area contributed by atoms with E-state index >= 15 is 0 Å². The molecule has 8 heteroatoms. The van der Waals surface area contributed by atoms with Crippen LogP contribution >= 0.6 is 0 Å². The molecule has 0 aliphatic rings. The zero-order chi connectivity index (χ0) is 12.4. The van der Waals surface area contributed by atoms with Crippen molar-refractivity contribution in [3.8, 4) is 0 Å². The van der Waals surface area contributed by atoms with Gasteiger partial charge in [0.05, 0.1) is 6.04 Å². The molecular formula is C9H13N7O. The summed E-state index contributed by atoms with van der Waals surface area (Å²) < 4.78 is 0. The van der Waals surface area contributed by atoms with Gasteiger partial charge >= 0.3 is 0 Å². The van der Waals surface area contributed by atoms with E-state index in [1.807, 2.05) is 6.92 Å². The van der Waals surface area contributed by atoms with Crippen LogP contribution < -0.4 is 11.1 Å². The van der Waals surface area contributed by atoms with Gasteiger partial charge < -0.3 is 16.0 Å². The number of nitrogen functional groups attached to an aromatic ring is 1. The molecule has 0 aliphatic heterocycles. The first-order valence-corrected chi connectivity index (χ1v) is 5.06. The second-order valence-electron chi connectivity index (χ2n) is 3.69. The van der Waals surface area contributed by atoms with Crippen LogP contribution in [0.1, 0.15) is 35.1 Å². The van der Waals surface area contributed by atoms with Crippen molar-refractivity contribution in [2.24, 2.45) is 0 Å². The summed E-state index contributed by atoms with van der Waals surface area (Å²) in [5, 5.41) is 9.04. The van der Waals surface area contributed by atoms with E-state index < -0.39 is 0 Å². The number of rotatable bonds is 3. The highest BCUT2D eigenvalue weighted by atomic mass is 16.2. The number of H-pyrrole nitrogens is 2. The first-order chi connectivity index (χ1) is 8.06. The van der Waals surface area contributed by atoms with Crippen LogP contribution in [-0.4, -0.2) is 31.1 Å². The van der Waals surface area contributed by atoms with Crippen molar-refractivity contribution >= 4 is 11.9 Å². The highest BCUT2D eigenvalue weighted by molar-refractivity contribution is 5.90. The lowest BCUT2D eigenvalue weighted by molar-refractivity contribution is 0.0928. The van der Waals surface area contributed by atoms with Crippen LogP contribution in [-0.2, 0) is 0 Å². The zero-order valence-electron chi connectivity index (χ0n) is 9.48. The summed E-state index contributed by atoms with van der Waals surface area (Å²) >= 11 is 0. The number of amides is 1.